The van der Waals surface area contributed by atoms with Crippen molar-refractivity contribution in [2.24, 2.45) is 5.41 Å². The minimum absolute atomic E-state index is 0.0231. The van der Waals surface area contributed by atoms with Gasteiger partial charge in [-0.15, -0.1) is 0 Å². The average molecular weight is 626 g/mol. The van der Waals surface area contributed by atoms with Gasteiger partial charge in [-0.1, -0.05) is 36.4 Å². The van der Waals surface area contributed by atoms with Gasteiger partial charge in [0.25, 0.3) is 5.92 Å². The first-order chi connectivity index (χ1) is 21.4. The molecular weight excluding hydrogens is 586 g/mol. The summed E-state index contributed by atoms with van der Waals surface area (Å²) in [5.74, 6) is -4.84. The lowest BCUT2D eigenvalue weighted by molar-refractivity contribution is -0.142. The standard InChI is InChI=1S/C35H39F4N3O3/c1-23-14-25-15-27(45-19-24-6-4-3-5-7-24)8-9-28(25)33(42(23)20-34(2,38)39)32-29(36)16-26(17-30(32)37)41-12-10-35(11-13-41)21-40(22-35)18-31(43)44/h3-9,15-17,23,33H,10-14,18-22H2,1-2H3,(H,43,44)/t23-,33?/m1/s1. The summed E-state index contributed by atoms with van der Waals surface area (Å²) in [4.78, 5) is 16.4. The van der Waals surface area contributed by atoms with E-state index in [0.29, 0.717) is 56.2 Å². The number of likely N-dealkylation sites (tertiary alicyclic amines) is 1. The smallest absolute Gasteiger partial charge is 0.317 e. The van der Waals surface area contributed by atoms with Crippen LogP contribution in [0.1, 0.15) is 55.0 Å². The molecule has 2 saturated heterocycles. The highest BCUT2D eigenvalue weighted by Crippen LogP contribution is 2.45. The van der Waals surface area contributed by atoms with Gasteiger partial charge >= 0.3 is 5.97 Å². The summed E-state index contributed by atoms with van der Waals surface area (Å²) in [5, 5.41) is 9.04. The number of fused-ring (bicyclic) bond motifs is 1. The zero-order chi connectivity index (χ0) is 31.9. The van der Waals surface area contributed by atoms with Crippen molar-refractivity contribution in [1.82, 2.24) is 9.80 Å². The number of benzene rings is 3. The number of piperidine rings is 1. The number of hydrogen-bond donors (Lipinski definition) is 1. The number of halogens is 4. The van der Waals surface area contributed by atoms with Crippen LogP contribution in [-0.2, 0) is 17.8 Å². The fourth-order valence-electron chi connectivity index (χ4n) is 7.39. The number of carboxylic acid groups (broad SMARTS) is 1. The molecule has 10 heteroatoms. The molecule has 3 aliphatic heterocycles. The van der Waals surface area contributed by atoms with E-state index >= 15 is 8.78 Å². The van der Waals surface area contributed by atoms with Gasteiger partial charge in [0.2, 0.25) is 0 Å². The molecule has 0 radical (unpaired) electrons. The van der Waals surface area contributed by atoms with Gasteiger partial charge in [-0.2, -0.15) is 0 Å². The minimum Gasteiger partial charge on any atom is -0.489 e. The Kier molecular flexibility index (Phi) is 8.56. The molecule has 2 fully saturated rings. The van der Waals surface area contributed by atoms with E-state index in [1.165, 1.54) is 17.0 Å². The summed E-state index contributed by atoms with van der Waals surface area (Å²) in [7, 11) is 0. The van der Waals surface area contributed by atoms with Crippen LogP contribution in [0.15, 0.2) is 60.7 Å². The van der Waals surface area contributed by atoms with Crippen LogP contribution in [0.2, 0.25) is 0 Å². The minimum atomic E-state index is -3.07. The highest BCUT2D eigenvalue weighted by atomic mass is 19.3. The molecule has 3 aromatic carbocycles. The van der Waals surface area contributed by atoms with Gasteiger partial charge in [-0.3, -0.25) is 14.6 Å². The van der Waals surface area contributed by atoms with Crippen molar-refractivity contribution in [1.29, 1.82) is 0 Å². The third-order valence-corrected chi connectivity index (χ3v) is 9.53. The molecular formula is C35H39F4N3O3. The number of ether oxygens (including phenoxy) is 1. The molecule has 0 aromatic heterocycles. The first-order valence-electron chi connectivity index (χ1n) is 15.5. The molecule has 45 heavy (non-hydrogen) atoms. The largest absolute Gasteiger partial charge is 0.489 e. The maximum atomic E-state index is 16.1. The summed E-state index contributed by atoms with van der Waals surface area (Å²) < 4.78 is 67.2. The van der Waals surface area contributed by atoms with E-state index in [9.17, 15) is 13.6 Å². The van der Waals surface area contributed by atoms with E-state index < -0.39 is 42.2 Å². The van der Waals surface area contributed by atoms with E-state index in [1.807, 2.05) is 53.1 Å². The highest BCUT2D eigenvalue weighted by Gasteiger charge is 2.46. The topological polar surface area (TPSA) is 56.3 Å². The molecule has 0 amide bonds. The lowest BCUT2D eigenvalue weighted by Gasteiger charge is -2.54. The number of rotatable bonds is 9. The molecule has 0 aliphatic carbocycles. The number of alkyl halides is 2. The summed E-state index contributed by atoms with van der Waals surface area (Å²) >= 11 is 0. The Labute approximate surface area is 261 Å². The summed E-state index contributed by atoms with van der Waals surface area (Å²) in [6, 6.07) is 16.2. The second-order valence-corrected chi connectivity index (χ2v) is 13.2. The van der Waals surface area contributed by atoms with Crippen LogP contribution in [-0.4, -0.2) is 72.1 Å². The van der Waals surface area contributed by atoms with Gasteiger partial charge in [0.15, 0.2) is 0 Å². The van der Waals surface area contributed by atoms with Gasteiger partial charge in [0.1, 0.15) is 24.0 Å². The first kappa shape index (κ1) is 31.4. The predicted molar refractivity (Wildman–Crippen MR) is 164 cm³/mol. The van der Waals surface area contributed by atoms with Crippen molar-refractivity contribution in [2.75, 3.05) is 44.2 Å². The van der Waals surface area contributed by atoms with E-state index in [2.05, 4.69) is 0 Å². The number of carboxylic acids is 1. The molecule has 0 saturated carbocycles. The molecule has 6 nitrogen and oxygen atoms in total. The van der Waals surface area contributed by atoms with E-state index in [4.69, 9.17) is 9.84 Å². The molecule has 3 aliphatic rings. The van der Waals surface area contributed by atoms with Crippen LogP contribution in [0, 0.1) is 17.0 Å². The molecule has 3 aromatic rings. The third kappa shape index (κ3) is 6.82. The fraction of sp³-hybridized carbons (Fsp3) is 0.457. The van der Waals surface area contributed by atoms with Crippen molar-refractivity contribution in [2.45, 2.75) is 57.7 Å². The van der Waals surface area contributed by atoms with E-state index in [0.717, 1.165) is 30.9 Å². The van der Waals surface area contributed by atoms with Crippen LogP contribution < -0.4 is 9.64 Å². The summed E-state index contributed by atoms with van der Waals surface area (Å²) in [6.45, 7) is 5.00. The van der Waals surface area contributed by atoms with Crippen molar-refractivity contribution < 1.29 is 32.2 Å². The molecule has 3 heterocycles. The Morgan fingerprint density at radius 1 is 1.02 bits per heavy atom. The Hall–Kier alpha value is -3.63. The Bertz CT molecular complexity index is 1510. The second kappa shape index (κ2) is 12.3. The van der Waals surface area contributed by atoms with Crippen LogP contribution in [0.25, 0.3) is 0 Å². The molecule has 240 valence electrons. The molecule has 0 bridgehead atoms. The van der Waals surface area contributed by atoms with Crippen LogP contribution >= 0.6 is 0 Å². The van der Waals surface area contributed by atoms with Gasteiger partial charge in [0, 0.05) is 50.4 Å². The quantitative estimate of drug-likeness (QED) is 0.274. The first-order valence-corrected chi connectivity index (χ1v) is 15.5. The molecule has 1 spiro atoms. The lowest BCUT2D eigenvalue weighted by Crippen LogP contribution is -2.61. The fourth-order valence-corrected chi connectivity index (χ4v) is 7.39. The molecule has 1 N–H and O–H groups in total. The number of hydrogen-bond acceptors (Lipinski definition) is 5. The van der Waals surface area contributed by atoms with Crippen molar-refractivity contribution in [3.8, 4) is 5.75 Å². The normalized spacial score (nSPS) is 21.8. The number of anilines is 1. The van der Waals surface area contributed by atoms with Crippen molar-refractivity contribution in [3.63, 3.8) is 0 Å². The molecule has 2 atom stereocenters. The Morgan fingerprint density at radius 3 is 2.31 bits per heavy atom. The van der Waals surface area contributed by atoms with Crippen LogP contribution in [0.4, 0.5) is 23.2 Å². The highest BCUT2D eigenvalue weighted by molar-refractivity contribution is 5.69. The monoisotopic (exact) mass is 625 g/mol. The number of aliphatic carboxylic acids is 1. The van der Waals surface area contributed by atoms with Gasteiger partial charge in [-0.05, 0) is 72.6 Å². The van der Waals surface area contributed by atoms with Gasteiger partial charge in [-0.25, -0.2) is 17.6 Å². The summed E-state index contributed by atoms with van der Waals surface area (Å²) in [6.07, 6.45) is 2.04. The number of carbonyl (C=O) groups is 1. The maximum absolute atomic E-state index is 16.1. The molecule has 1 unspecified atom stereocenters. The predicted octanol–water partition coefficient (Wildman–Crippen LogP) is 6.52. The Balaban J connectivity index is 1.25. The SMILES string of the molecule is C[C@@H]1Cc2cc(OCc3ccccc3)ccc2C(c2c(F)cc(N3CCC4(CC3)CN(CC(=O)O)C4)cc2F)N1CC(C)(F)F. The van der Waals surface area contributed by atoms with E-state index in [-0.39, 0.29) is 17.5 Å². The average Bonchev–Trinajstić information content (AvgIpc) is 2.96. The van der Waals surface area contributed by atoms with Gasteiger partial charge < -0.3 is 14.7 Å². The zero-order valence-corrected chi connectivity index (χ0v) is 25.6. The number of nitrogens with zero attached hydrogens (tertiary/aromatic N) is 3. The van der Waals surface area contributed by atoms with Crippen LogP contribution in [0.3, 0.4) is 0 Å². The van der Waals surface area contributed by atoms with E-state index in [1.54, 1.807) is 12.1 Å². The zero-order valence-electron chi connectivity index (χ0n) is 25.6. The van der Waals surface area contributed by atoms with Crippen LogP contribution in [0.5, 0.6) is 5.75 Å². The lowest BCUT2D eigenvalue weighted by atomic mass is 9.72. The third-order valence-electron chi connectivity index (χ3n) is 9.53. The molecule has 6 rings (SSSR count). The van der Waals surface area contributed by atoms with Gasteiger partial charge in [0.05, 0.1) is 19.1 Å². The van der Waals surface area contributed by atoms with Crippen molar-refractivity contribution in [3.05, 3.63) is 94.6 Å². The Morgan fingerprint density at radius 2 is 1.69 bits per heavy atom. The van der Waals surface area contributed by atoms with Crippen molar-refractivity contribution >= 4 is 11.7 Å². The second-order valence-electron chi connectivity index (χ2n) is 13.2. The maximum Gasteiger partial charge on any atom is 0.317 e. The summed E-state index contributed by atoms with van der Waals surface area (Å²) in [5.41, 5.74) is 2.64.